The Hall–Kier alpha value is -5.84. The van der Waals surface area contributed by atoms with Gasteiger partial charge < -0.3 is 14.7 Å². The van der Waals surface area contributed by atoms with Crippen LogP contribution in [0.15, 0.2) is 174 Å². The fourth-order valence-electron chi connectivity index (χ4n) is 7.52. The second-order valence-corrected chi connectivity index (χ2v) is 15.7. The Labute approximate surface area is 267 Å². The van der Waals surface area contributed by atoms with Gasteiger partial charge in [-0.15, -0.1) is 0 Å². The second-order valence-electron chi connectivity index (χ2n) is 11.9. The van der Waals surface area contributed by atoms with Crippen molar-refractivity contribution in [1.82, 2.24) is 4.57 Å². The third kappa shape index (κ3) is 3.84. The third-order valence-electron chi connectivity index (χ3n) is 9.44. The maximum Gasteiger partial charge on any atom is 0.184 e. The first kappa shape index (κ1) is 26.5. The molecule has 0 radical (unpaired) electrons. The molecule has 0 saturated carbocycles. The third-order valence-corrected chi connectivity index (χ3v) is 14.2. The topological polar surface area (TPSA) is 44.1 Å². The summed E-state index contributed by atoms with van der Waals surface area (Å²) in [6.45, 7) is 0. The van der Waals surface area contributed by atoms with E-state index in [0.29, 0.717) is 0 Å². The normalized spacial score (nSPS) is 12.0. The summed E-state index contributed by atoms with van der Waals surface area (Å²) >= 11 is 0. The molecule has 9 aromatic rings. The van der Waals surface area contributed by atoms with Gasteiger partial charge in [0.25, 0.3) is 0 Å². The number of hydrogen-bond donors (Lipinski definition) is 1. The highest BCUT2D eigenvalue weighted by atomic mass is 28.3. The Bertz CT molecular complexity index is 2380. The number of para-hydroxylation sites is 2. The van der Waals surface area contributed by atoms with Crippen molar-refractivity contribution in [2.24, 2.45) is 0 Å². The molecule has 0 fully saturated rings. The Morgan fingerprint density at radius 3 is 1.50 bits per heavy atom. The molecule has 218 valence electrons. The standard InChI is InChI=1S/C42H30N2OSi/c43-29-24-25-40-36(26-29)37-27-30(44-38-22-12-10-20-34(38)35-21-11-13-23-39(35)44)28-41(42(37)45-40)46(31-14-4-1-5-15-31,32-16-6-2-7-17-32)33-18-8-3-9-19-33/h1-28H,43H2. The number of nitrogen functional groups attached to an aromatic ring is 1. The van der Waals surface area contributed by atoms with Crippen LogP contribution in [0.25, 0.3) is 49.4 Å². The molecule has 0 bridgehead atoms. The molecule has 46 heavy (non-hydrogen) atoms. The minimum atomic E-state index is -2.96. The lowest BCUT2D eigenvalue weighted by atomic mass is 10.1. The molecule has 3 nitrogen and oxygen atoms in total. The first-order valence-electron chi connectivity index (χ1n) is 15.6. The molecular formula is C42H30N2OSi. The fourth-order valence-corrected chi connectivity index (χ4v) is 12.4. The molecule has 2 aromatic heterocycles. The van der Waals surface area contributed by atoms with Crippen molar-refractivity contribution >= 4 is 78.3 Å². The molecule has 0 saturated heterocycles. The van der Waals surface area contributed by atoms with Crippen molar-refractivity contribution in [2.45, 2.75) is 0 Å². The van der Waals surface area contributed by atoms with Crippen molar-refractivity contribution in [3.63, 3.8) is 0 Å². The van der Waals surface area contributed by atoms with Crippen LogP contribution in [0.5, 0.6) is 0 Å². The van der Waals surface area contributed by atoms with Crippen molar-refractivity contribution in [3.05, 3.63) is 170 Å². The minimum Gasteiger partial charge on any atom is -0.456 e. The van der Waals surface area contributed by atoms with E-state index in [4.69, 9.17) is 10.2 Å². The van der Waals surface area contributed by atoms with Crippen LogP contribution in [-0.4, -0.2) is 12.6 Å². The molecule has 9 rings (SSSR count). The van der Waals surface area contributed by atoms with Crippen molar-refractivity contribution in [3.8, 4) is 5.69 Å². The highest BCUT2D eigenvalue weighted by Gasteiger charge is 2.44. The quantitative estimate of drug-likeness (QED) is 0.124. The van der Waals surface area contributed by atoms with Gasteiger partial charge in [-0.25, -0.2) is 0 Å². The first-order valence-corrected chi connectivity index (χ1v) is 17.6. The number of aromatic nitrogens is 1. The van der Waals surface area contributed by atoms with Crippen LogP contribution in [0, 0.1) is 0 Å². The number of anilines is 1. The molecule has 0 amide bonds. The number of hydrogen-bond acceptors (Lipinski definition) is 2. The number of furan rings is 1. The summed E-state index contributed by atoms with van der Waals surface area (Å²) in [5, 5.41) is 9.67. The zero-order valence-corrected chi connectivity index (χ0v) is 26.1. The van der Waals surface area contributed by atoms with Crippen LogP contribution in [0.1, 0.15) is 0 Å². The number of nitrogens with zero attached hydrogens (tertiary/aromatic N) is 1. The highest BCUT2D eigenvalue weighted by molar-refractivity contribution is 7.20. The van der Waals surface area contributed by atoms with Crippen molar-refractivity contribution < 1.29 is 4.42 Å². The van der Waals surface area contributed by atoms with Gasteiger partial charge in [0.15, 0.2) is 8.07 Å². The molecule has 0 spiro atoms. The van der Waals surface area contributed by atoms with E-state index in [1.807, 2.05) is 12.1 Å². The predicted octanol–water partition coefficient (Wildman–Crippen LogP) is 7.64. The molecule has 0 aliphatic carbocycles. The number of rotatable bonds is 5. The smallest absolute Gasteiger partial charge is 0.184 e. The van der Waals surface area contributed by atoms with E-state index in [0.717, 1.165) is 33.3 Å². The Kier molecular flexibility index (Phi) is 5.98. The number of fused-ring (bicyclic) bond motifs is 6. The second kappa shape index (κ2) is 10.4. The van der Waals surface area contributed by atoms with E-state index in [2.05, 4.69) is 162 Å². The molecule has 7 aromatic carbocycles. The summed E-state index contributed by atoms with van der Waals surface area (Å²) < 4.78 is 9.34. The number of nitrogens with two attached hydrogens (primary N) is 1. The average molecular weight is 607 g/mol. The van der Waals surface area contributed by atoms with Gasteiger partial charge in [-0.1, -0.05) is 127 Å². The van der Waals surface area contributed by atoms with Gasteiger partial charge in [-0.3, -0.25) is 0 Å². The lowest BCUT2D eigenvalue weighted by molar-refractivity contribution is 0.671. The Balaban J connectivity index is 1.52. The minimum absolute atomic E-state index is 0.719. The Morgan fingerprint density at radius 1 is 0.457 bits per heavy atom. The van der Waals surface area contributed by atoms with Crippen LogP contribution < -0.4 is 26.5 Å². The van der Waals surface area contributed by atoms with Crippen LogP contribution in [0.3, 0.4) is 0 Å². The summed E-state index contributed by atoms with van der Waals surface area (Å²) in [6, 6.07) is 61.1. The summed E-state index contributed by atoms with van der Waals surface area (Å²) in [7, 11) is -2.96. The first-order chi connectivity index (χ1) is 22.7. The van der Waals surface area contributed by atoms with E-state index >= 15 is 0 Å². The van der Waals surface area contributed by atoms with E-state index < -0.39 is 8.07 Å². The summed E-state index contributed by atoms with van der Waals surface area (Å²) in [6.07, 6.45) is 0. The molecule has 0 aliphatic rings. The van der Waals surface area contributed by atoms with Gasteiger partial charge in [0, 0.05) is 32.9 Å². The summed E-state index contributed by atoms with van der Waals surface area (Å²) in [5.74, 6) is 0. The molecule has 0 unspecified atom stereocenters. The van der Waals surface area contributed by atoms with E-state index in [1.54, 1.807) is 0 Å². The molecule has 2 heterocycles. The molecular weight excluding hydrogens is 577 g/mol. The largest absolute Gasteiger partial charge is 0.456 e. The molecule has 4 heteroatoms. The van der Waals surface area contributed by atoms with Crippen LogP contribution >= 0.6 is 0 Å². The number of benzene rings is 7. The monoisotopic (exact) mass is 606 g/mol. The SMILES string of the molecule is Nc1ccc2oc3c([Si](c4ccccc4)(c4ccccc4)c4ccccc4)cc(-n4c5ccccc5c5ccccc54)cc3c2c1. The van der Waals surface area contributed by atoms with Crippen molar-refractivity contribution in [1.29, 1.82) is 0 Å². The van der Waals surface area contributed by atoms with Crippen molar-refractivity contribution in [2.75, 3.05) is 5.73 Å². The maximum absolute atomic E-state index is 6.93. The van der Waals surface area contributed by atoms with E-state index in [9.17, 15) is 0 Å². The van der Waals surface area contributed by atoms with E-state index in [1.165, 1.54) is 42.6 Å². The van der Waals surface area contributed by atoms with Gasteiger partial charge in [-0.2, -0.15) is 0 Å². The molecule has 0 atom stereocenters. The molecule has 2 N–H and O–H groups in total. The molecule has 0 aliphatic heterocycles. The summed E-state index contributed by atoms with van der Waals surface area (Å²) in [4.78, 5) is 0. The lowest BCUT2D eigenvalue weighted by Crippen LogP contribution is -2.74. The zero-order chi connectivity index (χ0) is 30.7. The average Bonchev–Trinajstić information content (AvgIpc) is 3.65. The van der Waals surface area contributed by atoms with Gasteiger partial charge in [-0.05, 0) is 63.2 Å². The zero-order valence-electron chi connectivity index (χ0n) is 25.1. The van der Waals surface area contributed by atoms with Gasteiger partial charge in [0.2, 0.25) is 0 Å². The van der Waals surface area contributed by atoms with Gasteiger partial charge in [0.05, 0.1) is 11.0 Å². The fraction of sp³-hybridized carbons (Fsp3) is 0. The van der Waals surface area contributed by atoms with Gasteiger partial charge in [0.1, 0.15) is 11.2 Å². The van der Waals surface area contributed by atoms with Gasteiger partial charge >= 0.3 is 0 Å². The predicted molar refractivity (Wildman–Crippen MR) is 196 cm³/mol. The lowest BCUT2D eigenvalue weighted by Gasteiger charge is -2.34. The van der Waals surface area contributed by atoms with Crippen LogP contribution in [-0.2, 0) is 0 Å². The Morgan fingerprint density at radius 2 is 0.957 bits per heavy atom. The summed E-state index contributed by atoms with van der Waals surface area (Å²) in [5.41, 5.74) is 12.3. The van der Waals surface area contributed by atoms with Crippen LogP contribution in [0.2, 0.25) is 0 Å². The van der Waals surface area contributed by atoms with Crippen LogP contribution in [0.4, 0.5) is 5.69 Å². The maximum atomic E-state index is 6.93. The highest BCUT2D eigenvalue weighted by Crippen LogP contribution is 2.36. The van der Waals surface area contributed by atoms with E-state index in [-0.39, 0.29) is 0 Å².